The third-order valence-corrected chi connectivity index (χ3v) is 7.10. The molecule has 1 aliphatic carbocycles. The van der Waals surface area contributed by atoms with Gasteiger partial charge in [0.2, 0.25) is 0 Å². The number of carbonyl (C=O) groups excluding carboxylic acids is 1. The molecule has 2 amide bonds. The van der Waals surface area contributed by atoms with E-state index < -0.39 is 5.97 Å². The van der Waals surface area contributed by atoms with Gasteiger partial charge in [0.1, 0.15) is 0 Å². The molecular formula is C24H29Cl2N3O3. The Labute approximate surface area is 199 Å². The van der Waals surface area contributed by atoms with E-state index in [2.05, 4.69) is 6.07 Å². The summed E-state index contributed by atoms with van der Waals surface area (Å²) < 4.78 is 0. The summed E-state index contributed by atoms with van der Waals surface area (Å²) in [7, 11) is 0. The average molecular weight is 478 g/mol. The van der Waals surface area contributed by atoms with Gasteiger partial charge in [0.15, 0.2) is 0 Å². The van der Waals surface area contributed by atoms with Gasteiger partial charge in [-0.3, -0.25) is 4.90 Å². The number of hydrogen-bond acceptors (Lipinski definition) is 3. The maximum Gasteiger partial charge on any atom is 0.335 e. The number of hydrogen-bond donors (Lipinski definition) is 2. The zero-order valence-electron chi connectivity index (χ0n) is 17.9. The lowest BCUT2D eigenvalue weighted by Gasteiger charge is -2.46. The smallest absolute Gasteiger partial charge is 0.335 e. The molecule has 2 aliphatic rings. The van der Waals surface area contributed by atoms with Crippen molar-refractivity contribution in [2.45, 2.75) is 43.6 Å². The third kappa shape index (κ3) is 4.72. The highest BCUT2D eigenvalue weighted by molar-refractivity contribution is 6.30. The number of nitrogens with zero attached hydrogens (tertiary/aromatic N) is 2. The minimum atomic E-state index is -0.969. The number of benzene rings is 2. The summed E-state index contributed by atoms with van der Waals surface area (Å²) in [6.45, 7) is 1.96. The van der Waals surface area contributed by atoms with Crippen LogP contribution in [-0.4, -0.2) is 47.7 Å². The van der Waals surface area contributed by atoms with Gasteiger partial charge in [-0.2, -0.15) is 0 Å². The zero-order chi connectivity index (χ0) is 22.0. The van der Waals surface area contributed by atoms with E-state index in [9.17, 15) is 9.59 Å². The van der Waals surface area contributed by atoms with E-state index >= 15 is 0 Å². The molecule has 172 valence electrons. The number of aromatic carboxylic acids is 1. The molecule has 6 nitrogen and oxygen atoms in total. The second-order valence-corrected chi connectivity index (χ2v) is 9.00. The summed E-state index contributed by atoms with van der Waals surface area (Å²) in [6.07, 6.45) is 4.54. The van der Waals surface area contributed by atoms with Crippen molar-refractivity contribution >= 4 is 41.7 Å². The van der Waals surface area contributed by atoms with Crippen LogP contribution in [0.5, 0.6) is 0 Å². The Morgan fingerprint density at radius 2 is 1.81 bits per heavy atom. The molecule has 0 atom stereocenters. The lowest BCUT2D eigenvalue weighted by molar-refractivity contribution is 0.0697. The number of rotatable bonds is 5. The average Bonchev–Trinajstić information content (AvgIpc) is 2.79. The first-order chi connectivity index (χ1) is 14.9. The molecular weight excluding hydrogens is 449 g/mol. The molecule has 0 aromatic heterocycles. The molecule has 32 heavy (non-hydrogen) atoms. The number of amides is 2. The number of anilines is 1. The number of carboxylic acid groups (broad SMARTS) is 1. The van der Waals surface area contributed by atoms with E-state index in [-0.39, 0.29) is 35.5 Å². The molecule has 1 aliphatic heterocycles. The summed E-state index contributed by atoms with van der Waals surface area (Å²) in [5.74, 6) is -0.969. The van der Waals surface area contributed by atoms with Crippen LogP contribution in [0.1, 0.15) is 48.0 Å². The molecule has 1 heterocycles. The monoisotopic (exact) mass is 477 g/mol. The van der Waals surface area contributed by atoms with Crippen LogP contribution in [0, 0.1) is 0 Å². The molecule has 1 saturated carbocycles. The maximum atomic E-state index is 13.3. The second kappa shape index (κ2) is 10.1. The molecule has 1 saturated heterocycles. The summed E-state index contributed by atoms with van der Waals surface area (Å²) >= 11 is 6.22. The van der Waals surface area contributed by atoms with Crippen LogP contribution in [0.15, 0.2) is 48.5 Å². The number of urea groups is 1. The SMILES string of the molecule is Cl.NCC1(c2cccc(Cl)c2)CCC(N2CCCN(c3ccc(C(=O)O)cc3)C2=O)CC1. The minimum absolute atomic E-state index is 0. The Balaban J connectivity index is 0.00000289. The number of halogens is 2. The Bertz CT molecular complexity index is 959. The topological polar surface area (TPSA) is 86.9 Å². The maximum absolute atomic E-state index is 13.3. The van der Waals surface area contributed by atoms with Crippen molar-refractivity contribution in [3.8, 4) is 0 Å². The Kier molecular flexibility index (Phi) is 7.70. The normalized spacial score (nSPS) is 23.6. The highest BCUT2D eigenvalue weighted by atomic mass is 35.5. The Morgan fingerprint density at radius 3 is 2.41 bits per heavy atom. The first-order valence-electron chi connectivity index (χ1n) is 10.8. The molecule has 4 rings (SSSR count). The summed E-state index contributed by atoms with van der Waals surface area (Å²) in [5, 5.41) is 9.83. The first kappa shape index (κ1) is 24.4. The van der Waals surface area contributed by atoms with Crippen LogP contribution >= 0.6 is 24.0 Å². The van der Waals surface area contributed by atoms with Gasteiger partial charge in [0.05, 0.1) is 5.56 Å². The van der Waals surface area contributed by atoms with Crippen molar-refractivity contribution in [1.29, 1.82) is 0 Å². The fraction of sp³-hybridized carbons (Fsp3) is 0.417. The highest BCUT2D eigenvalue weighted by Gasteiger charge is 2.40. The first-order valence-corrected chi connectivity index (χ1v) is 11.2. The van der Waals surface area contributed by atoms with Gasteiger partial charge < -0.3 is 15.7 Å². The molecule has 2 aromatic rings. The van der Waals surface area contributed by atoms with Gasteiger partial charge in [0, 0.05) is 41.8 Å². The molecule has 0 bridgehead atoms. The predicted molar refractivity (Wildman–Crippen MR) is 129 cm³/mol. The zero-order valence-corrected chi connectivity index (χ0v) is 19.4. The van der Waals surface area contributed by atoms with Gasteiger partial charge in [-0.25, -0.2) is 9.59 Å². The number of carboxylic acids is 1. The fourth-order valence-electron chi connectivity index (χ4n) is 5.00. The van der Waals surface area contributed by atoms with Gasteiger partial charge in [-0.05, 0) is 74.1 Å². The molecule has 3 N–H and O–H groups in total. The highest BCUT2D eigenvalue weighted by Crippen LogP contribution is 2.41. The van der Waals surface area contributed by atoms with Crippen molar-refractivity contribution in [1.82, 2.24) is 4.90 Å². The van der Waals surface area contributed by atoms with Gasteiger partial charge in [-0.1, -0.05) is 23.7 Å². The molecule has 8 heteroatoms. The Hall–Kier alpha value is -2.28. The number of nitrogens with two attached hydrogens (primary N) is 1. The lowest BCUT2D eigenvalue weighted by Crippen LogP contribution is -2.55. The Morgan fingerprint density at radius 1 is 1.12 bits per heavy atom. The minimum Gasteiger partial charge on any atom is -0.478 e. The van der Waals surface area contributed by atoms with Crippen molar-refractivity contribution in [3.05, 3.63) is 64.7 Å². The number of carbonyl (C=O) groups is 2. The van der Waals surface area contributed by atoms with Crippen molar-refractivity contribution in [2.24, 2.45) is 5.73 Å². The van der Waals surface area contributed by atoms with Crippen LogP contribution in [0.2, 0.25) is 5.02 Å². The van der Waals surface area contributed by atoms with Crippen molar-refractivity contribution in [3.63, 3.8) is 0 Å². The molecule has 2 aromatic carbocycles. The quantitative estimate of drug-likeness (QED) is 0.638. The van der Waals surface area contributed by atoms with E-state index in [0.29, 0.717) is 13.1 Å². The van der Waals surface area contributed by atoms with Crippen LogP contribution < -0.4 is 10.6 Å². The standard InChI is InChI=1S/C24H28ClN3O3.ClH/c25-19-4-1-3-18(15-19)24(16-26)11-9-21(10-12-24)28-14-2-13-27(23(28)31)20-7-5-17(6-8-20)22(29)30;/h1,3-8,15,21H,2,9-14,16,26H2,(H,29,30);1H. The molecule has 0 unspecified atom stereocenters. The van der Waals surface area contributed by atoms with Gasteiger partial charge in [-0.15, -0.1) is 12.4 Å². The largest absolute Gasteiger partial charge is 0.478 e. The van der Waals surface area contributed by atoms with E-state index in [4.69, 9.17) is 22.4 Å². The third-order valence-electron chi connectivity index (χ3n) is 6.86. The second-order valence-electron chi connectivity index (χ2n) is 8.56. The van der Waals surface area contributed by atoms with Crippen LogP contribution in [0.25, 0.3) is 0 Å². The van der Waals surface area contributed by atoms with E-state index in [1.807, 2.05) is 23.1 Å². The predicted octanol–water partition coefficient (Wildman–Crippen LogP) is 4.93. The summed E-state index contributed by atoms with van der Waals surface area (Å²) in [5.41, 5.74) is 8.29. The van der Waals surface area contributed by atoms with Crippen LogP contribution in [0.3, 0.4) is 0 Å². The lowest BCUT2D eigenvalue weighted by atomic mass is 9.68. The summed E-state index contributed by atoms with van der Waals surface area (Å²) in [6, 6.07) is 14.7. The van der Waals surface area contributed by atoms with Gasteiger partial charge in [0.25, 0.3) is 0 Å². The fourth-order valence-corrected chi connectivity index (χ4v) is 5.19. The van der Waals surface area contributed by atoms with E-state index in [0.717, 1.165) is 49.4 Å². The van der Waals surface area contributed by atoms with Crippen molar-refractivity contribution < 1.29 is 14.7 Å². The van der Waals surface area contributed by atoms with Crippen LogP contribution in [-0.2, 0) is 5.41 Å². The molecule has 0 radical (unpaired) electrons. The summed E-state index contributed by atoms with van der Waals surface area (Å²) in [4.78, 5) is 28.1. The van der Waals surface area contributed by atoms with Crippen LogP contribution in [0.4, 0.5) is 10.5 Å². The van der Waals surface area contributed by atoms with E-state index in [1.54, 1.807) is 29.2 Å². The van der Waals surface area contributed by atoms with E-state index in [1.165, 1.54) is 5.56 Å². The van der Waals surface area contributed by atoms with Crippen molar-refractivity contribution in [2.75, 3.05) is 24.5 Å². The molecule has 2 fully saturated rings. The van der Waals surface area contributed by atoms with Gasteiger partial charge >= 0.3 is 12.0 Å². The molecule has 0 spiro atoms.